The third-order valence-electron chi connectivity index (χ3n) is 8.37. The maximum Gasteiger partial charge on any atom is 0.304 e. The third kappa shape index (κ3) is 6.14. The van der Waals surface area contributed by atoms with Gasteiger partial charge in [-0.05, 0) is 73.5 Å². The molecule has 5 rings (SSSR count). The lowest BCUT2D eigenvalue weighted by Gasteiger charge is -2.47. The summed E-state index contributed by atoms with van der Waals surface area (Å²) < 4.78 is 5.47. The molecule has 2 aliphatic heterocycles. The fourth-order valence-corrected chi connectivity index (χ4v) is 6.63. The van der Waals surface area contributed by atoms with Gasteiger partial charge in [-0.3, -0.25) is 14.5 Å². The molecule has 1 saturated carbocycles. The monoisotopic (exact) mass is 544 g/mol. The second-order valence-corrected chi connectivity index (χ2v) is 11.7. The van der Waals surface area contributed by atoms with Gasteiger partial charge in [0.05, 0.1) is 25.0 Å². The summed E-state index contributed by atoms with van der Waals surface area (Å²) in [6, 6.07) is 15.6. The Hall–Kier alpha value is -2.12. The Kier molecular flexibility index (Phi) is 8.10. The van der Waals surface area contributed by atoms with Gasteiger partial charge in [0.2, 0.25) is 5.91 Å². The van der Waals surface area contributed by atoms with Gasteiger partial charge in [-0.15, -0.1) is 0 Å². The predicted octanol–water partition coefficient (Wildman–Crippen LogP) is 5.34. The summed E-state index contributed by atoms with van der Waals surface area (Å²) in [4.78, 5) is 28.3. The van der Waals surface area contributed by atoms with Gasteiger partial charge in [0, 0.05) is 41.0 Å². The number of carboxylic acids is 1. The molecule has 2 aromatic rings. The van der Waals surface area contributed by atoms with Crippen LogP contribution in [0.4, 0.5) is 0 Å². The van der Waals surface area contributed by atoms with E-state index in [2.05, 4.69) is 28.4 Å². The van der Waals surface area contributed by atoms with Crippen molar-refractivity contribution in [2.24, 2.45) is 11.3 Å². The Labute approximate surface area is 228 Å². The number of hydrogen-bond donors (Lipinski definition) is 2. The molecular weight excluding hydrogens is 511 g/mol. The van der Waals surface area contributed by atoms with E-state index >= 15 is 0 Å². The minimum Gasteiger partial charge on any atom is -0.481 e. The first kappa shape index (κ1) is 26.5. The minimum absolute atomic E-state index is 0.0679. The summed E-state index contributed by atoms with van der Waals surface area (Å²) in [6.07, 6.45) is 2.99. The van der Waals surface area contributed by atoms with E-state index in [1.807, 2.05) is 30.3 Å². The predicted molar refractivity (Wildman–Crippen MR) is 144 cm³/mol. The van der Waals surface area contributed by atoms with E-state index in [1.165, 1.54) is 0 Å². The second-order valence-electron chi connectivity index (χ2n) is 10.8. The minimum atomic E-state index is -0.998. The lowest BCUT2D eigenvalue weighted by atomic mass is 9.63. The number of piperidine rings is 1. The molecule has 0 aromatic heterocycles. The average molecular weight is 546 g/mol. The van der Waals surface area contributed by atoms with E-state index in [9.17, 15) is 14.7 Å². The summed E-state index contributed by atoms with van der Waals surface area (Å²) >= 11 is 12.6. The molecule has 3 aliphatic rings. The molecule has 1 unspecified atom stereocenters. The van der Waals surface area contributed by atoms with E-state index in [0.29, 0.717) is 48.6 Å². The van der Waals surface area contributed by atoms with Gasteiger partial charge < -0.3 is 15.2 Å². The van der Waals surface area contributed by atoms with Crippen molar-refractivity contribution in [2.75, 3.05) is 32.8 Å². The van der Waals surface area contributed by atoms with Crippen molar-refractivity contribution >= 4 is 35.1 Å². The fraction of sp³-hybridized carbons (Fsp3) is 0.517. The topological polar surface area (TPSA) is 78.9 Å². The number of carbonyl (C=O) groups excluding carboxylic acids is 1. The standard InChI is InChI=1S/C29H34Cl2N2O4/c30-22-8-6-20(7-9-22)26(19-4-5-19)27-24(21-2-1-3-23(31)16-21)17-29(18-25(34)35,28(36)32-27)10-11-33-12-14-37-15-13-33/h1-3,6-9,16,19,24,26-27H,4-5,10-15,17-18H2,(H,32,36)(H,34,35)/t24-,26?,27+,29+/m1/s1. The highest BCUT2D eigenvalue weighted by Crippen LogP contribution is 2.52. The first-order chi connectivity index (χ1) is 17.8. The normalized spacial score (nSPS) is 27.5. The number of nitrogens with zero attached hydrogens (tertiary/aromatic N) is 1. The van der Waals surface area contributed by atoms with Crippen LogP contribution in [0, 0.1) is 11.3 Å². The van der Waals surface area contributed by atoms with Crippen molar-refractivity contribution in [1.82, 2.24) is 10.2 Å². The number of halogens is 2. The molecule has 6 nitrogen and oxygen atoms in total. The Morgan fingerprint density at radius 3 is 2.49 bits per heavy atom. The average Bonchev–Trinajstić information content (AvgIpc) is 3.71. The lowest BCUT2D eigenvalue weighted by molar-refractivity contribution is -0.149. The van der Waals surface area contributed by atoms with E-state index in [0.717, 1.165) is 37.1 Å². The second kappa shape index (κ2) is 11.3. The fourth-order valence-electron chi connectivity index (χ4n) is 6.30. The third-order valence-corrected chi connectivity index (χ3v) is 8.86. The Morgan fingerprint density at radius 2 is 1.84 bits per heavy atom. The molecule has 3 fully saturated rings. The molecule has 1 aliphatic carbocycles. The molecule has 37 heavy (non-hydrogen) atoms. The summed E-state index contributed by atoms with van der Waals surface area (Å²) in [6.45, 7) is 3.59. The molecule has 8 heteroatoms. The maximum atomic E-state index is 13.9. The number of aliphatic carboxylic acids is 1. The molecule has 0 bridgehead atoms. The Bertz CT molecular complexity index is 1120. The zero-order valence-electron chi connectivity index (χ0n) is 20.9. The zero-order valence-corrected chi connectivity index (χ0v) is 22.4. The Morgan fingerprint density at radius 1 is 1.11 bits per heavy atom. The quantitative estimate of drug-likeness (QED) is 0.445. The van der Waals surface area contributed by atoms with Crippen LogP contribution >= 0.6 is 23.2 Å². The number of morpholine rings is 1. The van der Waals surface area contributed by atoms with Crippen LogP contribution in [0.25, 0.3) is 0 Å². The molecule has 2 aromatic carbocycles. The summed E-state index contributed by atoms with van der Waals surface area (Å²) in [5.41, 5.74) is 1.20. The van der Waals surface area contributed by atoms with Crippen molar-refractivity contribution in [2.45, 2.75) is 50.0 Å². The lowest BCUT2D eigenvalue weighted by Crippen LogP contribution is -2.58. The number of ether oxygens (including phenoxy) is 1. The number of hydrogen-bond acceptors (Lipinski definition) is 4. The number of carbonyl (C=O) groups is 2. The van der Waals surface area contributed by atoms with Crippen LogP contribution in [0.2, 0.25) is 10.0 Å². The highest BCUT2D eigenvalue weighted by atomic mass is 35.5. The van der Waals surface area contributed by atoms with E-state index in [1.54, 1.807) is 0 Å². The van der Waals surface area contributed by atoms with Gasteiger partial charge >= 0.3 is 5.97 Å². The molecule has 2 N–H and O–H groups in total. The van der Waals surface area contributed by atoms with Gasteiger partial charge in [-0.1, -0.05) is 47.5 Å². The van der Waals surface area contributed by atoms with E-state index in [4.69, 9.17) is 27.9 Å². The number of rotatable bonds is 9. The number of benzene rings is 2. The van der Waals surface area contributed by atoms with Crippen LogP contribution in [-0.2, 0) is 14.3 Å². The molecule has 198 valence electrons. The van der Waals surface area contributed by atoms with E-state index < -0.39 is 11.4 Å². The summed E-state index contributed by atoms with van der Waals surface area (Å²) in [5.74, 6) is -0.578. The van der Waals surface area contributed by atoms with Crippen LogP contribution in [0.5, 0.6) is 0 Å². The van der Waals surface area contributed by atoms with Crippen molar-refractivity contribution in [3.05, 3.63) is 69.7 Å². The number of nitrogens with one attached hydrogen (secondary N) is 1. The first-order valence-corrected chi connectivity index (χ1v) is 13.9. The van der Waals surface area contributed by atoms with Crippen LogP contribution in [-0.4, -0.2) is 60.8 Å². The maximum absolute atomic E-state index is 13.9. The molecular formula is C29H34Cl2N2O4. The van der Waals surface area contributed by atoms with Gasteiger partial charge in [0.15, 0.2) is 0 Å². The number of carboxylic acid groups (broad SMARTS) is 1. The summed E-state index contributed by atoms with van der Waals surface area (Å²) in [5, 5.41) is 14.6. The zero-order chi connectivity index (χ0) is 26.0. The van der Waals surface area contributed by atoms with Crippen LogP contribution < -0.4 is 5.32 Å². The van der Waals surface area contributed by atoms with Gasteiger partial charge in [-0.25, -0.2) is 0 Å². The summed E-state index contributed by atoms with van der Waals surface area (Å²) in [7, 11) is 0. The molecule has 4 atom stereocenters. The van der Waals surface area contributed by atoms with Crippen LogP contribution in [0.15, 0.2) is 48.5 Å². The Balaban J connectivity index is 1.51. The SMILES string of the molecule is O=C(O)C[C@]1(CCN2CCOCC2)C[C@H](c2cccc(Cl)c2)[C@@H](C(c2ccc(Cl)cc2)C2CC2)NC1=O. The first-order valence-electron chi connectivity index (χ1n) is 13.2. The van der Waals surface area contributed by atoms with Gasteiger partial charge in [-0.2, -0.15) is 0 Å². The molecule has 0 radical (unpaired) electrons. The van der Waals surface area contributed by atoms with Gasteiger partial charge in [0.1, 0.15) is 0 Å². The van der Waals surface area contributed by atoms with Crippen molar-refractivity contribution in [3.63, 3.8) is 0 Å². The molecule has 2 saturated heterocycles. The van der Waals surface area contributed by atoms with Crippen LogP contribution in [0.1, 0.15) is 55.1 Å². The smallest absolute Gasteiger partial charge is 0.304 e. The highest BCUT2D eigenvalue weighted by Gasteiger charge is 2.52. The molecule has 1 amide bonds. The number of amides is 1. The van der Waals surface area contributed by atoms with Crippen molar-refractivity contribution in [3.8, 4) is 0 Å². The van der Waals surface area contributed by atoms with Crippen molar-refractivity contribution < 1.29 is 19.4 Å². The van der Waals surface area contributed by atoms with E-state index in [-0.39, 0.29) is 30.2 Å². The van der Waals surface area contributed by atoms with Crippen LogP contribution in [0.3, 0.4) is 0 Å². The molecule has 0 spiro atoms. The largest absolute Gasteiger partial charge is 0.481 e. The highest BCUT2D eigenvalue weighted by molar-refractivity contribution is 6.30. The van der Waals surface area contributed by atoms with Crippen molar-refractivity contribution in [1.29, 1.82) is 0 Å². The van der Waals surface area contributed by atoms with Gasteiger partial charge in [0.25, 0.3) is 0 Å². The molecule has 2 heterocycles.